The molecule has 1 N–H and O–H groups in total. The fraction of sp³-hybridized carbons (Fsp3) is 0.323. The Labute approximate surface area is 228 Å². The first kappa shape index (κ1) is 25.0. The number of nitrogens with zero attached hydrogens (tertiary/aromatic N) is 4. The van der Waals surface area contributed by atoms with Gasteiger partial charge in [-0.2, -0.15) is 0 Å². The Morgan fingerprint density at radius 2 is 1.33 bits per heavy atom. The molecule has 4 atom stereocenters. The molecule has 39 heavy (non-hydrogen) atoms. The molecule has 3 aliphatic heterocycles. The smallest absolute Gasteiger partial charge is 0.329 e. The van der Waals surface area contributed by atoms with Gasteiger partial charge in [-0.25, -0.2) is 14.4 Å². The largest absolute Gasteiger partial charge is 0.480 e. The number of likely N-dealkylation sites (tertiary alicyclic amines) is 2. The fourth-order valence-electron chi connectivity index (χ4n) is 6.56. The molecule has 3 heterocycles. The molecule has 6 rings (SSSR count). The number of amides is 4. The van der Waals surface area contributed by atoms with Crippen molar-refractivity contribution < 1.29 is 19.5 Å². The second kappa shape index (κ2) is 10.4. The molecule has 2 unspecified atom stereocenters. The number of benzene rings is 3. The number of hydrogen-bond acceptors (Lipinski definition) is 3. The molecule has 4 amide bonds. The molecule has 0 aromatic heterocycles. The normalized spacial score (nSPS) is 24.1. The van der Waals surface area contributed by atoms with Crippen molar-refractivity contribution in [3.8, 4) is 0 Å². The summed E-state index contributed by atoms with van der Waals surface area (Å²) in [5.41, 5.74) is 2.42. The first-order valence-electron chi connectivity index (χ1n) is 13.6. The highest BCUT2D eigenvalue weighted by molar-refractivity contribution is 6.01. The van der Waals surface area contributed by atoms with Crippen molar-refractivity contribution in [2.24, 2.45) is 0 Å². The summed E-state index contributed by atoms with van der Waals surface area (Å²) in [5, 5.41) is 10.4. The van der Waals surface area contributed by atoms with Crippen LogP contribution in [0.15, 0.2) is 91.0 Å². The van der Waals surface area contributed by atoms with E-state index in [2.05, 4.69) is 0 Å². The van der Waals surface area contributed by atoms with Crippen molar-refractivity contribution in [1.82, 2.24) is 14.7 Å². The van der Waals surface area contributed by atoms with Crippen molar-refractivity contribution in [2.45, 2.75) is 49.9 Å². The minimum atomic E-state index is -1.13. The van der Waals surface area contributed by atoms with Crippen molar-refractivity contribution in [3.05, 3.63) is 96.6 Å². The Bertz CT molecular complexity index is 1300. The first-order chi connectivity index (χ1) is 19.0. The van der Waals surface area contributed by atoms with E-state index in [1.165, 1.54) is 4.90 Å². The summed E-state index contributed by atoms with van der Waals surface area (Å²) in [6, 6.07) is 26.1. The lowest BCUT2D eigenvalue weighted by atomic mass is 10.0. The number of urea groups is 2. The van der Waals surface area contributed by atoms with Crippen LogP contribution in [0.4, 0.5) is 21.0 Å². The van der Waals surface area contributed by atoms with Crippen LogP contribution < -0.4 is 4.90 Å². The van der Waals surface area contributed by atoms with E-state index in [4.69, 9.17) is 0 Å². The number of carbonyl (C=O) groups excluding carboxylic acids is 2. The maximum absolute atomic E-state index is 14.2. The van der Waals surface area contributed by atoms with Crippen LogP contribution >= 0.6 is 0 Å². The molecule has 2 bridgehead atoms. The van der Waals surface area contributed by atoms with Gasteiger partial charge in [0.2, 0.25) is 0 Å². The van der Waals surface area contributed by atoms with E-state index in [1.807, 2.05) is 95.9 Å². The molecule has 200 valence electrons. The minimum absolute atomic E-state index is 0.0207. The molecule has 0 spiro atoms. The predicted octanol–water partition coefficient (Wildman–Crippen LogP) is 5.50. The lowest BCUT2D eigenvalue weighted by Crippen LogP contribution is -2.67. The monoisotopic (exact) mass is 524 g/mol. The third-order valence-corrected chi connectivity index (χ3v) is 8.28. The van der Waals surface area contributed by atoms with Gasteiger partial charge < -0.3 is 19.8 Å². The van der Waals surface area contributed by atoms with Crippen LogP contribution in [-0.2, 0) is 4.79 Å². The number of aliphatic carboxylic acids is 1. The van der Waals surface area contributed by atoms with Gasteiger partial charge in [0.25, 0.3) is 0 Å². The first-order valence-corrected chi connectivity index (χ1v) is 13.6. The number of rotatable bonds is 4. The van der Waals surface area contributed by atoms with Crippen molar-refractivity contribution in [1.29, 1.82) is 0 Å². The standard InChI is InChI=1S/C31H32N4O4/c36-29(37)28-27-19-18-25(35(27)30(38)32-20-10-17-26(32)22-11-4-1-5-12-22)21-33(28)31(39)34(23-13-6-2-7-14-23)24-15-8-3-9-16-24/h1-9,11-16,25-28H,10,17-21H2,(H,36,37)/t25?,26?,27-,28+/m1/s1. The highest BCUT2D eigenvalue weighted by Crippen LogP contribution is 2.40. The van der Waals surface area contributed by atoms with Gasteiger partial charge in [-0.3, -0.25) is 4.90 Å². The molecule has 0 radical (unpaired) electrons. The van der Waals surface area contributed by atoms with E-state index in [0.717, 1.165) is 18.4 Å². The quantitative estimate of drug-likeness (QED) is 0.488. The molecular formula is C31H32N4O4. The molecule has 8 nitrogen and oxygen atoms in total. The van der Waals surface area contributed by atoms with Gasteiger partial charge in [0, 0.05) is 13.1 Å². The molecule has 0 aliphatic carbocycles. The summed E-state index contributed by atoms with van der Waals surface area (Å²) in [5.74, 6) is -1.09. The van der Waals surface area contributed by atoms with Crippen LogP contribution in [0.2, 0.25) is 0 Å². The third-order valence-electron chi connectivity index (χ3n) is 8.28. The molecule has 3 fully saturated rings. The molecular weight excluding hydrogens is 492 g/mol. The van der Waals surface area contributed by atoms with Crippen LogP contribution in [0, 0.1) is 0 Å². The van der Waals surface area contributed by atoms with E-state index in [9.17, 15) is 19.5 Å². The maximum Gasteiger partial charge on any atom is 0.329 e. The number of carboxylic acid groups (broad SMARTS) is 1. The number of para-hydroxylation sites is 2. The van der Waals surface area contributed by atoms with Gasteiger partial charge in [0.05, 0.1) is 29.5 Å². The summed E-state index contributed by atoms with van der Waals surface area (Å²) in [6.45, 7) is 0.822. The fourth-order valence-corrected chi connectivity index (χ4v) is 6.56. The average Bonchev–Trinajstić information content (AvgIpc) is 3.58. The zero-order chi connectivity index (χ0) is 26.9. The number of fused-ring (bicyclic) bond motifs is 2. The molecule has 0 saturated carbocycles. The van der Waals surface area contributed by atoms with Gasteiger partial charge >= 0.3 is 18.0 Å². The van der Waals surface area contributed by atoms with Crippen LogP contribution in [-0.4, -0.2) is 69.1 Å². The molecule has 8 heteroatoms. The highest BCUT2D eigenvalue weighted by atomic mass is 16.4. The summed E-state index contributed by atoms with van der Waals surface area (Å²) >= 11 is 0. The Morgan fingerprint density at radius 1 is 0.744 bits per heavy atom. The van der Waals surface area contributed by atoms with Gasteiger partial charge in [0.1, 0.15) is 0 Å². The number of carbonyl (C=O) groups is 3. The zero-order valence-electron chi connectivity index (χ0n) is 21.7. The highest BCUT2D eigenvalue weighted by Gasteiger charge is 2.54. The Balaban J connectivity index is 1.31. The number of carboxylic acids is 1. The topological polar surface area (TPSA) is 84.4 Å². The second-order valence-corrected chi connectivity index (χ2v) is 10.5. The lowest BCUT2D eigenvalue weighted by molar-refractivity contribution is -0.145. The lowest BCUT2D eigenvalue weighted by Gasteiger charge is -2.47. The molecule has 3 aromatic carbocycles. The minimum Gasteiger partial charge on any atom is -0.480 e. The van der Waals surface area contributed by atoms with E-state index in [1.54, 1.807) is 9.80 Å². The SMILES string of the molecule is O=C(O)[C@@H]1[C@H]2CCC(CN1C(=O)N(c1ccccc1)c1ccccc1)N2C(=O)N1CCCC1c1ccccc1. The van der Waals surface area contributed by atoms with Crippen LogP contribution in [0.1, 0.15) is 37.3 Å². The molecule has 3 saturated heterocycles. The van der Waals surface area contributed by atoms with Gasteiger partial charge in [-0.15, -0.1) is 0 Å². The Kier molecular flexibility index (Phi) is 6.69. The number of hydrogen-bond donors (Lipinski definition) is 1. The van der Waals surface area contributed by atoms with Crippen molar-refractivity contribution in [2.75, 3.05) is 18.0 Å². The van der Waals surface area contributed by atoms with Crippen molar-refractivity contribution >= 4 is 29.4 Å². The van der Waals surface area contributed by atoms with Crippen LogP contribution in [0.3, 0.4) is 0 Å². The van der Waals surface area contributed by atoms with Gasteiger partial charge in [-0.05, 0) is 55.5 Å². The third kappa shape index (κ3) is 4.50. The zero-order valence-corrected chi connectivity index (χ0v) is 21.7. The Morgan fingerprint density at radius 3 is 1.92 bits per heavy atom. The average molecular weight is 525 g/mol. The summed E-state index contributed by atoms with van der Waals surface area (Å²) in [4.78, 5) is 47.7. The van der Waals surface area contributed by atoms with Crippen molar-refractivity contribution in [3.63, 3.8) is 0 Å². The van der Waals surface area contributed by atoms with Gasteiger partial charge in [0.15, 0.2) is 6.04 Å². The Hall–Kier alpha value is -4.33. The summed E-state index contributed by atoms with van der Waals surface area (Å²) in [6.07, 6.45) is 3.02. The van der Waals surface area contributed by atoms with E-state index in [-0.39, 0.29) is 24.7 Å². The summed E-state index contributed by atoms with van der Waals surface area (Å²) in [7, 11) is 0. The number of piperazine rings is 1. The molecule has 3 aromatic rings. The van der Waals surface area contributed by atoms with Crippen LogP contribution in [0.25, 0.3) is 0 Å². The van der Waals surface area contributed by atoms with E-state index < -0.39 is 24.1 Å². The second-order valence-electron chi connectivity index (χ2n) is 10.5. The van der Waals surface area contributed by atoms with E-state index >= 15 is 0 Å². The van der Waals surface area contributed by atoms with Gasteiger partial charge in [-0.1, -0.05) is 66.7 Å². The number of anilines is 2. The van der Waals surface area contributed by atoms with E-state index in [0.29, 0.717) is 30.8 Å². The summed E-state index contributed by atoms with van der Waals surface area (Å²) < 4.78 is 0. The predicted molar refractivity (Wildman–Crippen MR) is 148 cm³/mol. The maximum atomic E-state index is 14.2. The van der Waals surface area contributed by atoms with Crippen LogP contribution in [0.5, 0.6) is 0 Å². The molecule has 3 aliphatic rings.